The summed E-state index contributed by atoms with van der Waals surface area (Å²) in [5, 5.41) is 3.99. The molecule has 6 nitrogen and oxygen atoms in total. The van der Waals surface area contributed by atoms with E-state index in [2.05, 4.69) is 10.1 Å². The number of nitrogens with zero attached hydrogens (tertiary/aromatic N) is 3. The van der Waals surface area contributed by atoms with Gasteiger partial charge in [0, 0.05) is 38.8 Å². The lowest BCUT2D eigenvalue weighted by Crippen LogP contribution is -2.48. The third kappa shape index (κ3) is 2.75. The van der Waals surface area contributed by atoms with Gasteiger partial charge in [-0.15, -0.1) is 0 Å². The normalized spacial score (nSPS) is 16.6. The van der Waals surface area contributed by atoms with Crippen LogP contribution < -0.4 is 0 Å². The molecule has 6 heteroatoms. The minimum absolute atomic E-state index is 0.0352. The largest absolute Gasteiger partial charge is 0.459 e. The van der Waals surface area contributed by atoms with Crippen molar-refractivity contribution < 1.29 is 13.7 Å². The molecule has 1 fully saturated rings. The summed E-state index contributed by atoms with van der Waals surface area (Å²) in [7, 11) is 0. The number of aromatic nitrogens is 1. The van der Waals surface area contributed by atoms with Crippen LogP contribution in [0.5, 0.6) is 0 Å². The molecule has 0 radical (unpaired) electrons. The van der Waals surface area contributed by atoms with E-state index in [1.54, 1.807) is 12.1 Å². The highest BCUT2D eigenvalue weighted by atomic mass is 16.5. The zero-order valence-corrected chi connectivity index (χ0v) is 11.4. The van der Waals surface area contributed by atoms with Crippen molar-refractivity contribution in [2.45, 2.75) is 13.5 Å². The van der Waals surface area contributed by atoms with Crippen LogP contribution in [0.15, 0.2) is 33.4 Å². The number of carbonyl (C=O) groups is 1. The van der Waals surface area contributed by atoms with Gasteiger partial charge in [0.15, 0.2) is 5.76 Å². The highest BCUT2D eigenvalue weighted by molar-refractivity contribution is 5.91. The Morgan fingerprint density at radius 1 is 1.35 bits per heavy atom. The van der Waals surface area contributed by atoms with Crippen LogP contribution in [0, 0.1) is 6.92 Å². The van der Waals surface area contributed by atoms with Crippen LogP contribution in [0.4, 0.5) is 0 Å². The lowest BCUT2D eigenvalue weighted by molar-refractivity contribution is 0.0595. The lowest BCUT2D eigenvalue weighted by atomic mass is 10.2. The molecule has 1 aliphatic heterocycles. The molecule has 0 bridgehead atoms. The van der Waals surface area contributed by atoms with E-state index >= 15 is 0 Å². The van der Waals surface area contributed by atoms with E-state index in [1.807, 2.05) is 17.9 Å². The van der Waals surface area contributed by atoms with Crippen molar-refractivity contribution in [3.05, 3.63) is 41.7 Å². The van der Waals surface area contributed by atoms with Crippen LogP contribution in [0.1, 0.15) is 22.0 Å². The third-order valence-corrected chi connectivity index (χ3v) is 3.45. The van der Waals surface area contributed by atoms with Gasteiger partial charge in [0.05, 0.1) is 12.0 Å². The first-order valence-corrected chi connectivity index (χ1v) is 6.70. The molecule has 106 valence electrons. The molecule has 2 aromatic rings. The van der Waals surface area contributed by atoms with Crippen molar-refractivity contribution >= 4 is 5.91 Å². The molecule has 0 aliphatic carbocycles. The molecule has 0 unspecified atom stereocenters. The monoisotopic (exact) mass is 275 g/mol. The summed E-state index contributed by atoms with van der Waals surface area (Å²) >= 11 is 0. The highest BCUT2D eigenvalue weighted by Gasteiger charge is 2.24. The van der Waals surface area contributed by atoms with Gasteiger partial charge in [-0.2, -0.15) is 0 Å². The van der Waals surface area contributed by atoms with Gasteiger partial charge in [-0.25, -0.2) is 0 Å². The molecule has 3 rings (SSSR count). The Morgan fingerprint density at radius 2 is 2.15 bits per heavy atom. The smallest absolute Gasteiger partial charge is 0.289 e. The first kappa shape index (κ1) is 12.9. The molecule has 2 aromatic heterocycles. The summed E-state index contributed by atoms with van der Waals surface area (Å²) in [6.45, 7) is 5.72. The van der Waals surface area contributed by atoms with E-state index in [0.29, 0.717) is 18.8 Å². The first-order chi connectivity index (χ1) is 9.72. The predicted molar refractivity (Wildman–Crippen MR) is 71.1 cm³/mol. The molecule has 3 heterocycles. The molecular weight excluding hydrogens is 258 g/mol. The van der Waals surface area contributed by atoms with E-state index < -0.39 is 0 Å². The topological polar surface area (TPSA) is 62.7 Å². The van der Waals surface area contributed by atoms with Crippen molar-refractivity contribution in [3.8, 4) is 0 Å². The molecule has 1 amide bonds. The number of hydrogen-bond donors (Lipinski definition) is 0. The highest BCUT2D eigenvalue weighted by Crippen LogP contribution is 2.12. The Morgan fingerprint density at radius 3 is 2.75 bits per heavy atom. The van der Waals surface area contributed by atoms with Crippen LogP contribution in [0.25, 0.3) is 0 Å². The second-order valence-corrected chi connectivity index (χ2v) is 4.97. The maximum absolute atomic E-state index is 12.1. The van der Waals surface area contributed by atoms with Crippen LogP contribution in [-0.4, -0.2) is 47.0 Å². The van der Waals surface area contributed by atoms with Gasteiger partial charge in [-0.1, -0.05) is 5.16 Å². The van der Waals surface area contributed by atoms with Crippen LogP contribution in [0.2, 0.25) is 0 Å². The van der Waals surface area contributed by atoms with Crippen molar-refractivity contribution in [1.29, 1.82) is 0 Å². The summed E-state index contributed by atoms with van der Waals surface area (Å²) in [6, 6.07) is 5.38. The predicted octanol–water partition coefficient (Wildman–Crippen LogP) is 1.53. The molecule has 0 atom stereocenters. The summed E-state index contributed by atoms with van der Waals surface area (Å²) in [5.41, 5.74) is 0.938. The zero-order chi connectivity index (χ0) is 13.9. The Bertz CT molecular complexity index is 568. The summed E-state index contributed by atoms with van der Waals surface area (Å²) in [4.78, 5) is 16.2. The summed E-state index contributed by atoms with van der Waals surface area (Å²) < 4.78 is 10.2. The van der Waals surface area contributed by atoms with Gasteiger partial charge < -0.3 is 13.8 Å². The average Bonchev–Trinajstić information content (AvgIpc) is 3.11. The summed E-state index contributed by atoms with van der Waals surface area (Å²) in [6.07, 6.45) is 1.52. The van der Waals surface area contributed by atoms with Crippen molar-refractivity contribution in [2.24, 2.45) is 0 Å². The van der Waals surface area contributed by atoms with E-state index in [4.69, 9.17) is 8.94 Å². The molecule has 1 saturated heterocycles. The number of aryl methyl sites for hydroxylation is 1. The van der Waals surface area contributed by atoms with Gasteiger partial charge in [0.25, 0.3) is 5.91 Å². The van der Waals surface area contributed by atoms with Crippen molar-refractivity contribution in [1.82, 2.24) is 15.0 Å². The van der Waals surface area contributed by atoms with Crippen LogP contribution >= 0.6 is 0 Å². The second kappa shape index (κ2) is 5.50. The van der Waals surface area contributed by atoms with E-state index in [1.165, 1.54) is 6.26 Å². The SMILES string of the molecule is Cc1cc(CN2CCN(C(=O)c3ccco3)CC2)no1. The molecule has 0 aromatic carbocycles. The van der Waals surface area contributed by atoms with Gasteiger partial charge in [0.2, 0.25) is 0 Å². The van der Waals surface area contributed by atoms with E-state index in [0.717, 1.165) is 31.1 Å². The van der Waals surface area contributed by atoms with Crippen LogP contribution in [0.3, 0.4) is 0 Å². The third-order valence-electron chi connectivity index (χ3n) is 3.45. The number of piperazine rings is 1. The number of furan rings is 1. The van der Waals surface area contributed by atoms with Gasteiger partial charge in [-0.05, 0) is 19.1 Å². The lowest BCUT2D eigenvalue weighted by Gasteiger charge is -2.33. The zero-order valence-electron chi connectivity index (χ0n) is 11.4. The maximum atomic E-state index is 12.1. The fraction of sp³-hybridized carbons (Fsp3) is 0.429. The number of rotatable bonds is 3. The van der Waals surface area contributed by atoms with Crippen molar-refractivity contribution in [3.63, 3.8) is 0 Å². The number of amides is 1. The molecule has 0 saturated carbocycles. The standard InChI is InChI=1S/C14H17N3O3/c1-11-9-12(15-20-11)10-16-4-6-17(7-5-16)14(18)13-3-2-8-19-13/h2-3,8-9H,4-7,10H2,1H3. The first-order valence-electron chi connectivity index (χ1n) is 6.70. The Hall–Kier alpha value is -2.08. The van der Waals surface area contributed by atoms with Gasteiger partial charge in [0.1, 0.15) is 5.76 Å². The minimum Gasteiger partial charge on any atom is -0.459 e. The van der Waals surface area contributed by atoms with E-state index in [9.17, 15) is 4.79 Å². The average molecular weight is 275 g/mol. The van der Waals surface area contributed by atoms with Crippen LogP contribution in [-0.2, 0) is 6.54 Å². The fourth-order valence-corrected chi connectivity index (χ4v) is 2.39. The Kier molecular flexibility index (Phi) is 3.56. The number of hydrogen-bond acceptors (Lipinski definition) is 5. The molecule has 0 spiro atoms. The molecule has 1 aliphatic rings. The van der Waals surface area contributed by atoms with Gasteiger partial charge in [-0.3, -0.25) is 9.69 Å². The maximum Gasteiger partial charge on any atom is 0.289 e. The molecule has 20 heavy (non-hydrogen) atoms. The number of carbonyl (C=O) groups excluding carboxylic acids is 1. The quantitative estimate of drug-likeness (QED) is 0.850. The van der Waals surface area contributed by atoms with Gasteiger partial charge >= 0.3 is 0 Å². The Balaban J connectivity index is 1.53. The molecular formula is C14H17N3O3. The fourth-order valence-electron chi connectivity index (χ4n) is 2.39. The Labute approximate surface area is 116 Å². The minimum atomic E-state index is -0.0352. The second-order valence-electron chi connectivity index (χ2n) is 4.97. The summed E-state index contributed by atoms with van der Waals surface area (Å²) in [5.74, 6) is 1.20. The molecule has 0 N–H and O–H groups in total. The van der Waals surface area contributed by atoms with Crippen molar-refractivity contribution in [2.75, 3.05) is 26.2 Å². The van der Waals surface area contributed by atoms with E-state index in [-0.39, 0.29) is 5.91 Å².